The summed E-state index contributed by atoms with van der Waals surface area (Å²) in [6.45, 7) is 1.23. The number of carbonyl (C=O) groups is 1. The molecule has 4 nitrogen and oxygen atoms in total. The predicted molar refractivity (Wildman–Crippen MR) is 74.3 cm³/mol. The van der Waals surface area contributed by atoms with Gasteiger partial charge in [0, 0.05) is 34.9 Å². The van der Waals surface area contributed by atoms with Crippen molar-refractivity contribution in [1.29, 1.82) is 0 Å². The molecule has 1 aliphatic rings. The van der Waals surface area contributed by atoms with Gasteiger partial charge in [-0.2, -0.15) is 0 Å². The largest absolute Gasteiger partial charge is 0.328 e. The van der Waals surface area contributed by atoms with Gasteiger partial charge in [0.05, 0.1) is 0 Å². The van der Waals surface area contributed by atoms with Crippen LogP contribution in [0.1, 0.15) is 12.8 Å². The van der Waals surface area contributed by atoms with E-state index >= 15 is 0 Å². The molecule has 0 aromatic heterocycles. The van der Waals surface area contributed by atoms with E-state index in [1.54, 1.807) is 23.1 Å². The van der Waals surface area contributed by atoms with Crippen LogP contribution in [-0.4, -0.2) is 30.1 Å². The maximum absolute atomic E-state index is 12.1. The van der Waals surface area contributed by atoms with Crippen LogP contribution in [-0.2, 0) is 0 Å². The van der Waals surface area contributed by atoms with Gasteiger partial charge in [-0.25, -0.2) is 4.79 Å². The Labute approximate surface area is 116 Å². The van der Waals surface area contributed by atoms with Crippen LogP contribution in [0.15, 0.2) is 18.2 Å². The van der Waals surface area contributed by atoms with Gasteiger partial charge < -0.3 is 16.0 Å². The molecule has 2 amide bonds. The van der Waals surface area contributed by atoms with Crippen LogP contribution in [0, 0.1) is 0 Å². The minimum absolute atomic E-state index is 0.125. The molecule has 1 atom stereocenters. The topological polar surface area (TPSA) is 58.4 Å². The van der Waals surface area contributed by atoms with Gasteiger partial charge in [0.1, 0.15) is 0 Å². The third-order valence-electron chi connectivity index (χ3n) is 3.02. The van der Waals surface area contributed by atoms with Crippen molar-refractivity contribution in [3.8, 4) is 0 Å². The maximum atomic E-state index is 12.1. The monoisotopic (exact) mass is 287 g/mol. The summed E-state index contributed by atoms with van der Waals surface area (Å²) < 4.78 is 0. The number of halogens is 2. The van der Waals surface area contributed by atoms with Gasteiger partial charge in [-0.3, -0.25) is 0 Å². The van der Waals surface area contributed by atoms with Gasteiger partial charge in [-0.1, -0.05) is 23.2 Å². The summed E-state index contributed by atoms with van der Waals surface area (Å²) in [5, 5.41) is 3.78. The van der Waals surface area contributed by atoms with E-state index in [2.05, 4.69) is 5.32 Å². The lowest BCUT2D eigenvalue weighted by atomic mass is 10.2. The maximum Gasteiger partial charge on any atom is 0.322 e. The molecular formula is C12H15Cl2N3O. The van der Waals surface area contributed by atoms with Crippen LogP contribution in [0.4, 0.5) is 10.5 Å². The number of nitrogens with two attached hydrogens (primary N) is 1. The molecule has 1 aliphatic heterocycles. The van der Waals surface area contributed by atoms with Crippen molar-refractivity contribution in [2.75, 3.05) is 18.4 Å². The number of nitrogens with zero attached hydrogens (tertiary/aromatic N) is 1. The Morgan fingerprint density at radius 2 is 2.06 bits per heavy atom. The first kappa shape index (κ1) is 13.5. The molecule has 1 unspecified atom stereocenters. The summed E-state index contributed by atoms with van der Waals surface area (Å²) in [5.41, 5.74) is 6.24. The number of carbonyl (C=O) groups excluding carboxylic acids is 1. The number of hydrogen-bond donors (Lipinski definition) is 2. The van der Waals surface area contributed by atoms with Crippen molar-refractivity contribution in [1.82, 2.24) is 4.90 Å². The molecule has 18 heavy (non-hydrogen) atoms. The zero-order chi connectivity index (χ0) is 13.1. The van der Waals surface area contributed by atoms with Gasteiger partial charge >= 0.3 is 6.03 Å². The molecule has 1 aromatic carbocycles. The fourth-order valence-electron chi connectivity index (χ4n) is 2.17. The van der Waals surface area contributed by atoms with Gasteiger partial charge in [0.25, 0.3) is 0 Å². The number of urea groups is 1. The molecule has 98 valence electrons. The van der Waals surface area contributed by atoms with Crippen molar-refractivity contribution in [2.24, 2.45) is 5.73 Å². The summed E-state index contributed by atoms with van der Waals surface area (Å²) in [7, 11) is 0. The Kier molecular flexibility index (Phi) is 4.32. The van der Waals surface area contributed by atoms with Crippen molar-refractivity contribution in [2.45, 2.75) is 18.9 Å². The molecule has 1 aromatic rings. The first-order chi connectivity index (χ1) is 8.60. The highest BCUT2D eigenvalue weighted by atomic mass is 35.5. The fraction of sp³-hybridized carbons (Fsp3) is 0.417. The molecule has 0 bridgehead atoms. The van der Waals surface area contributed by atoms with Gasteiger partial charge in [-0.05, 0) is 31.0 Å². The molecule has 0 radical (unpaired) electrons. The number of likely N-dealkylation sites (tertiary alicyclic amines) is 1. The second-order valence-electron chi connectivity index (χ2n) is 4.31. The molecule has 0 saturated carbocycles. The number of hydrogen-bond acceptors (Lipinski definition) is 2. The van der Waals surface area contributed by atoms with Crippen molar-refractivity contribution in [3.05, 3.63) is 28.2 Å². The average Bonchev–Trinajstić information content (AvgIpc) is 2.75. The summed E-state index contributed by atoms with van der Waals surface area (Å²) in [4.78, 5) is 13.8. The zero-order valence-corrected chi connectivity index (χ0v) is 11.3. The SMILES string of the molecule is NCC1CCCN1C(=O)Nc1cc(Cl)cc(Cl)c1. The lowest BCUT2D eigenvalue weighted by Crippen LogP contribution is -2.42. The molecule has 0 spiro atoms. The van der Waals surface area contributed by atoms with E-state index in [9.17, 15) is 4.79 Å². The summed E-state index contributed by atoms with van der Waals surface area (Å²) in [6.07, 6.45) is 1.95. The second-order valence-corrected chi connectivity index (χ2v) is 5.19. The normalized spacial score (nSPS) is 19.1. The van der Waals surface area contributed by atoms with Gasteiger partial charge in [0.15, 0.2) is 0 Å². The Bertz CT molecular complexity index is 433. The van der Waals surface area contributed by atoms with Crippen LogP contribution in [0.3, 0.4) is 0 Å². The van der Waals surface area contributed by atoms with Crippen molar-refractivity contribution in [3.63, 3.8) is 0 Å². The van der Waals surface area contributed by atoms with Crippen LogP contribution in [0.25, 0.3) is 0 Å². The minimum Gasteiger partial charge on any atom is -0.328 e. The first-order valence-electron chi connectivity index (χ1n) is 5.84. The molecular weight excluding hydrogens is 273 g/mol. The highest BCUT2D eigenvalue weighted by Gasteiger charge is 2.27. The summed E-state index contributed by atoms with van der Waals surface area (Å²) in [6, 6.07) is 4.93. The summed E-state index contributed by atoms with van der Waals surface area (Å²) in [5.74, 6) is 0. The van der Waals surface area contributed by atoms with E-state index in [1.165, 1.54) is 0 Å². The van der Waals surface area contributed by atoms with Crippen LogP contribution in [0.5, 0.6) is 0 Å². The highest BCUT2D eigenvalue weighted by Crippen LogP contribution is 2.24. The third-order valence-corrected chi connectivity index (χ3v) is 3.46. The lowest BCUT2D eigenvalue weighted by molar-refractivity contribution is 0.208. The van der Waals surface area contributed by atoms with E-state index in [0.29, 0.717) is 22.3 Å². The molecule has 1 heterocycles. The molecule has 2 rings (SSSR count). The first-order valence-corrected chi connectivity index (χ1v) is 6.59. The minimum atomic E-state index is -0.152. The average molecular weight is 288 g/mol. The van der Waals surface area contributed by atoms with Crippen LogP contribution in [0.2, 0.25) is 10.0 Å². The number of rotatable bonds is 2. The van der Waals surface area contributed by atoms with E-state index < -0.39 is 0 Å². The highest BCUT2D eigenvalue weighted by molar-refractivity contribution is 6.35. The van der Waals surface area contributed by atoms with Crippen molar-refractivity contribution < 1.29 is 4.79 Å². The molecule has 6 heteroatoms. The Morgan fingerprint density at radius 3 is 2.67 bits per heavy atom. The number of benzene rings is 1. The predicted octanol–water partition coefficient (Wildman–Crippen LogP) is 2.95. The lowest BCUT2D eigenvalue weighted by Gasteiger charge is -2.23. The standard InChI is InChI=1S/C12H15Cl2N3O/c13-8-4-9(14)6-10(5-8)16-12(18)17-3-1-2-11(17)7-15/h4-6,11H,1-3,7,15H2,(H,16,18). The molecule has 3 N–H and O–H groups in total. The second kappa shape index (κ2) is 5.78. The number of amides is 2. The fourth-order valence-corrected chi connectivity index (χ4v) is 2.70. The Balaban J connectivity index is 2.06. The quantitative estimate of drug-likeness (QED) is 0.879. The molecule has 1 fully saturated rings. The number of nitrogens with one attached hydrogen (secondary N) is 1. The Hall–Kier alpha value is -0.970. The third kappa shape index (κ3) is 3.07. The van der Waals surface area contributed by atoms with Crippen molar-refractivity contribution >= 4 is 34.9 Å². The van der Waals surface area contributed by atoms with Gasteiger partial charge in [-0.15, -0.1) is 0 Å². The van der Waals surface area contributed by atoms with Crippen LogP contribution >= 0.6 is 23.2 Å². The van der Waals surface area contributed by atoms with Crippen LogP contribution < -0.4 is 11.1 Å². The van der Waals surface area contributed by atoms with E-state index in [-0.39, 0.29) is 12.1 Å². The van der Waals surface area contributed by atoms with E-state index in [0.717, 1.165) is 19.4 Å². The smallest absolute Gasteiger partial charge is 0.322 e. The van der Waals surface area contributed by atoms with Gasteiger partial charge in [0.2, 0.25) is 0 Å². The molecule has 0 aliphatic carbocycles. The summed E-state index contributed by atoms with van der Waals surface area (Å²) >= 11 is 11.8. The molecule has 1 saturated heterocycles. The van der Waals surface area contributed by atoms with E-state index in [1.807, 2.05) is 0 Å². The number of anilines is 1. The van der Waals surface area contributed by atoms with E-state index in [4.69, 9.17) is 28.9 Å². The zero-order valence-electron chi connectivity index (χ0n) is 9.83. The Morgan fingerprint density at radius 1 is 1.39 bits per heavy atom.